The molecule has 2 N–H and O–H groups in total. The predicted octanol–water partition coefficient (Wildman–Crippen LogP) is 3.89. The van der Waals surface area contributed by atoms with Crippen LogP contribution < -0.4 is 5.69 Å². The van der Waals surface area contributed by atoms with Gasteiger partial charge in [0.25, 0.3) is 0 Å². The van der Waals surface area contributed by atoms with Gasteiger partial charge in [-0.1, -0.05) is 48.0 Å². The molecule has 1 aromatic heterocycles. The summed E-state index contributed by atoms with van der Waals surface area (Å²) < 4.78 is 1.34. The Hall–Kier alpha value is -3.34. The average molecular weight is 345 g/mol. The zero-order valence-electron chi connectivity index (χ0n) is 14.7. The highest BCUT2D eigenvalue weighted by atomic mass is 16.3. The molecule has 0 fully saturated rings. The van der Waals surface area contributed by atoms with Gasteiger partial charge in [-0.15, -0.1) is 0 Å². The predicted molar refractivity (Wildman–Crippen MR) is 104 cm³/mol. The maximum absolute atomic E-state index is 12.3. The maximum atomic E-state index is 12.3. The van der Waals surface area contributed by atoms with Crippen molar-refractivity contribution >= 4 is 23.0 Å². The molecule has 3 aromatic rings. The molecule has 26 heavy (non-hydrogen) atoms. The van der Waals surface area contributed by atoms with Crippen LogP contribution >= 0.6 is 0 Å². The van der Waals surface area contributed by atoms with Crippen molar-refractivity contribution in [3.05, 3.63) is 81.4 Å². The van der Waals surface area contributed by atoms with Crippen LogP contribution in [0.25, 0.3) is 11.6 Å². The van der Waals surface area contributed by atoms with Crippen LogP contribution in [0, 0.1) is 6.92 Å². The van der Waals surface area contributed by atoms with Crippen LogP contribution in [-0.2, 0) is 6.54 Å². The Morgan fingerprint density at radius 2 is 1.85 bits per heavy atom. The van der Waals surface area contributed by atoms with Gasteiger partial charge in [-0.3, -0.25) is 9.56 Å². The first kappa shape index (κ1) is 16.1. The number of aromatic nitrogens is 2. The Morgan fingerprint density at radius 1 is 1.12 bits per heavy atom. The number of aliphatic imine (C=N–C) groups is 1. The van der Waals surface area contributed by atoms with Gasteiger partial charge in [0.05, 0.1) is 12.2 Å². The molecule has 1 aliphatic rings. The van der Waals surface area contributed by atoms with E-state index in [0.29, 0.717) is 12.2 Å². The summed E-state index contributed by atoms with van der Waals surface area (Å²) in [5.41, 5.74) is 5.82. The van der Waals surface area contributed by atoms with Crippen LogP contribution in [0.3, 0.4) is 0 Å². The molecule has 130 valence electrons. The second-order valence-corrected chi connectivity index (χ2v) is 6.51. The van der Waals surface area contributed by atoms with Gasteiger partial charge in [0.2, 0.25) is 5.88 Å². The standard InChI is InChI=1S/C21H19N3O2/c1-13-7-9-15(10-8-13)12-24-20(25)19(23-21(24)26)11-17-14(2)22-18-6-4-3-5-16(17)18/h3-11,25H,12H2,1-2H3,(H,23,26). The number of benzene rings is 2. The highest BCUT2D eigenvalue weighted by molar-refractivity contribution is 6.31. The lowest BCUT2D eigenvalue weighted by Crippen LogP contribution is -2.17. The normalized spacial score (nSPS) is 14.5. The molecule has 2 aromatic carbocycles. The molecule has 0 spiro atoms. The number of aryl methyl sites for hydroxylation is 1. The van der Waals surface area contributed by atoms with E-state index in [1.807, 2.05) is 62.4 Å². The third-order valence-corrected chi connectivity index (χ3v) is 4.61. The summed E-state index contributed by atoms with van der Waals surface area (Å²) in [7, 11) is 0. The molecule has 0 saturated heterocycles. The number of hydrogen-bond acceptors (Lipinski definition) is 3. The van der Waals surface area contributed by atoms with Crippen LogP contribution in [0.1, 0.15) is 29.3 Å². The number of aromatic hydroxyl groups is 1. The van der Waals surface area contributed by atoms with E-state index in [1.165, 1.54) is 4.57 Å². The Labute approximate surface area is 151 Å². The zero-order chi connectivity index (χ0) is 18.3. The number of allylic oxidation sites excluding steroid dienone is 1. The third kappa shape index (κ3) is 2.77. The summed E-state index contributed by atoms with van der Waals surface area (Å²) in [6.45, 7) is 4.25. The van der Waals surface area contributed by atoms with Gasteiger partial charge >= 0.3 is 5.69 Å². The Bertz CT molecular complexity index is 1100. The molecule has 2 heterocycles. The van der Waals surface area contributed by atoms with Crippen LogP contribution in [0.15, 0.2) is 58.3 Å². The minimum absolute atomic E-state index is 0.0692. The Balaban J connectivity index is 1.72. The first-order chi connectivity index (χ1) is 12.5. The smallest absolute Gasteiger partial charge is 0.329 e. The van der Waals surface area contributed by atoms with Gasteiger partial charge in [0.1, 0.15) is 5.69 Å². The molecular formula is C21H19N3O2. The molecule has 0 amide bonds. The van der Waals surface area contributed by atoms with Crippen molar-refractivity contribution in [1.29, 1.82) is 0 Å². The summed E-state index contributed by atoms with van der Waals surface area (Å²) >= 11 is 0. The third-order valence-electron chi connectivity index (χ3n) is 4.61. The molecule has 0 unspecified atom stereocenters. The van der Waals surface area contributed by atoms with E-state index in [1.54, 1.807) is 6.08 Å². The van der Waals surface area contributed by atoms with Crippen LogP contribution in [0.2, 0.25) is 0 Å². The molecule has 0 aliphatic carbocycles. The number of nitrogens with zero attached hydrogens (tertiary/aromatic N) is 2. The molecule has 5 heteroatoms. The number of fused-ring (bicyclic) bond motifs is 1. The molecule has 0 radical (unpaired) electrons. The summed E-state index contributed by atoms with van der Waals surface area (Å²) in [6.07, 6.45) is 1.78. The van der Waals surface area contributed by atoms with Gasteiger partial charge < -0.3 is 10.1 Å². The fraction of sp³-hybridized carbons (Fsp3) is 0.143. The minimum Gasteiger partial charge on any atom is -0.493 e. The van der Waals surface area contributed by atoms with Gasteiger partial charge in [0.15, 0.2) is 0 Å². The largest absolute Gasteiger partial charge is 0.493 e. The SMILES string of the molecule is CC1=Nc2ccccc2C1=Cc1[nH]c(=O)n(Cc2ccc(C)cc2)c1O. The minimum atomic E-state index is -0.337. The van der Waals surface area contributed by atoms with Crippen molar-refractivity contribution in [2.45, 2.75) is 20.4 Å². The summed E-state index contributed by atoms with van der Waals surface area (Å²) in [6, 6.07) is 15.7. The summed E-state index contributed by atoms with van der Waals surface area (Å²) in [4.78, 5) is 19.6. The quantitative estimate of drug-likeness (QED) is 0.756. The lowest BCUT2D eigenvalue weighted by molar-refractivity contribution is 0.420. The topological polar surface area (TPSA) is 70.4 Å². The number of H-pyrrole nitrogens is 1. The fourth-order valence-corrected chi connectivity index (χ4v) is 3.16. The second-order valence-electron chi connectivity index (χ2n) is 6.51. The fourth-order valence-electron chi connectivity index (χ4n) is 3.16. The van der Waals surface area contributed by atoms with E-state index < -0.39 is 0 Å². The molecule has 0 bridgehead atoms. The van der Waals surface area contributed by atoms with Crippen molar-refractivity contribution in [3.8, 4) is 5.88 Å². The van der Waals surface area contributed by atoms with Crippen molar-refractivity contribution in [1.82, 2.24) is 9.55 Å². The molecule has 0 saturated carbocycles. The lowest BCUT2D eigenvalue weighted by atomic mass is 10.0. The van der Waals surface area contributed by atoms with E-state index in [-0.39, 0.29) is 11.6 Å². The molecule has 4 rings (SSSR count). The van der Waals surface area contributed by atoms with Crippen molar-refractivity contribution < 1.29 is 5.11 Å². The molecular weight excluding hydrogens is 326 g/mol. The van der Waals surface area contributed by atoms with Gasteiger partial charge in [-0.25, -0.2) is 4.79 Å². The van der Waals surface area contributed by atoms with Gasteiger partial charge in [-0.05, 0) is 31.6 Å². The molecule has 0 atom stereocenters. The first-order valence-electron chi connectivity index (χ1n) is 8.47. The van der Waals surface area contributed by atoms with Crippen LogP contribution in [0.5, 0.6) is 5.88 Å². The number of imidazole rings is 1. The number of para-hydroxylation sites is 1. The van der Waals surface area contributed by atoms with E-state index in [2.05, 4.69) is 9.98 Å². The molecule has 5 nitrogen and oxygen atoms in total. The lowest BCUT2D eigenvalue weighted by Gasteiger charge is -2.05. The molecule has 1 aliphatic heterocycles. The average Bonchev–Trinajstić information content (AvgIpc) is 3.08. The monoisotopic (exact) mass is 345 g/mol. The number of nitrogens with one attached hydrogen (secondary N) is 1. The Morgan fingerprint density at radius 3 is 2.62 bits per heavy atom. The number of hydrogen-bond donors (Lipinski definition) is 2. The zero-order valence-corrected chi connectivity index (χ0v) is 14.7. The highest BCUT2D eigenvalue weighted by Gasteiger charge is 2.19. The maximum Gasteiger partial charge on any atom is 0.329 e. The second kappa shape index (κ2) is 6.19. The van der Waals surface area contributed by atoms with E-state index in [9.17, 15) is 9.90 Å². The van der Waals surface area contributed by atoms with Crippen LogP contribution in [0.4, 0.5) is 5.69 Å². The van der Waals surface area contributed by atoms with Crippen molar-refractivity contribution in [2.75, 3.05) is 0 Å². The van der Waals surface area contributed by atoms with Crippen molar-refractivity contribution in [3.63, 3.8) is 0 Å². The number of aromatic amines is 1. The Kier molecular flexibility index (Phi) is 3.84. The number of rotatable bonds is 3. The van der Waals surface area contributed by atoms with Gasteiger partial charge in [0, 0.05) is 16.8 Å². The summed E-state index contributed by atoms with van der Waals surface area (Å²) in [5.74, 6) is -0.0692. The van der Waals surface area contributed by atoms with Crippen molar-refractivity contribution in [2.24, 2.45) is 4.99 Å². The van der Waals surface area contributed by atoms with Gasteiger partial charge in [-0.2, -0.15) is 0 Å². The van der Waals surface area contributed by atoms with E-state index in [4.69, 9.17) is 0 Å². The first-order valence-corrected chi connectivity index (χ1v) is 8.47. The van der Waals surface area contributed by atoms with Crippen LogP contribution in [-0.4, -0.2) is 20.4 Å². The van der Waals surface area contributed by atoms with E-state index >= 15 is 0 Å². The summed E-state index contributed by atoms with van der Waals surface area (Å²) in [5, 5.41) is 10.6. The highest BCUT2D eigenvalue weighted by Crippen LogP contribution is 2.36. The van der Waals surface area contributed by atoms with E-state index in [0.717, 1.165) is 33.7 Å².